The first-order valence-corrected chi connectivity index (χ1v) is 6.04. The molecule has 0 radical (unpaired) electrons. The highest BCUT2D eigenvalue weighted by molar-refractivity contribution is 5.94. The van der Waals surface area contributed by atoms with Crippen molar-refractivity contribution in [3.63, 3.8) is 0 Å². The molecule has 1 atom stereocenters. The summed E-state index contributed by atoms with van der Waals surface area (Å²) >= 11 is 0. The number of nitrogen functional groups attached to an aromatic ring is 1. The van der Waals surface area contributed by atoms with Crippen LogP contribution in [-0.2, 0) is 11.3 Å². The second-order valence-corrected chi connectivity index (χ2v) is 4.55. The molecule has 0 saturated carbocycles. The molecular weight excluding hydrogens is 234 g/mol. The Morgan fingerprint density at radius 3 is 3.11 bits per heavy atom. The predicted molar refractivity (Wildman–Crippen MR) is 65.8 cm³/mol. The summed E-state index contributed by atoms with van der Waals surface area (Å²) in [6.45, 7) is 6.90. The smallest absolute Gasteiger partial charge is 0.268 e. The Morgan fingerprint density at radius 2 is 2.44 bits per heavy atom. The van der Waals surface area contributed by atoms with E-state index in [0.29, 0.717) is 23.9 Å². The molecule has 1 aliphatic rings. The lowest BCUT2D eigenvalue weighted by Gasteiger charge is -2.32. The molecule has 0 spiro atoms. The molecule has 1 aromatic heterocycles. The van der Waals surface area contributed by atoms with E-state index in [-0.39, 0.29) is 5.91 Å². The van der Waals surface area contributed by atoms with Crippen molar-refractivity contribution in [3.05, 3.63) is 23.2 Å². The second-order valence-electron chi connectivity index (χ2n) is 4.55. The van der Waals surface area contributed by atoms with E-state index in [1.165, 1.54) is 0 Å². The van der Waals surface area contributed by atoms with Gasteiger partial charge in [-0.25, -0.2) is 5.84 Å². The fraction of sp³-hybridized carbons (Fsp3) is 0.583. The maximum absolute atomic E-state index is 11.5. The lowest BCUT2D eigenvalue weighted by molar-refractivity contribution is -0.00717. The number of amides is 1. The van der Waals surface area contributed by atoms with Crippen molar-refractivity contribution >= 4 is 5.91 Å². The Kier molecular flexibility index (Phi) is 4.00. The van der Waals surface area contributed by atoms with Crippen molar-refractivity contribution in [1.29, 1.82) is 0 Å². The Labute approximate surface area is 106 Å². The molecule has 100 valence electrons. The zero-order valence-electron chi connectivity index (χ0n) is 10.7. The number of morpholine rings is 1. The van der Waals surface area contributed by atoms with Crippen LogP contribution < -0.4 is 11.3 Å². The Hall–Kier alpha value is -1.37. The second kappa shape index (κ2) is 5.51. The van der Waals surface area contributed by atoms with Crippen LogP contribution in [0.3, 0.4) is 0 Å². The van der Waals surface area contributed by atoms with E-state index in [9.17, 15) is 4.79 Å². The van der Waals surface area contributed by atoms with Crippen molar-refractivity contribution in [2.24, 2.45) is 5.84 Å². The number of nitrogens with one attached hydrogen (secondary N) is 1. The van der Waals surface area contributed by atoms with Gasteiger partial charge in [-0.1, -0.05) is 0 Å². The van der Waals surface area contributed by atoms with Gasteiger partial charge in [-0.05, 0) is 19.9 Å². The molecule has 18 heavy (non-hydrogen) atoms. The first-order valence-electron chi connectivity index (χ1n) is 6.04. The van der Waals surface area contributed by atoms with Gasteiger partial charge < -0.3 is 9.15 Å². The minimum Gasteiger partial charge on any atom is -0.464 e. The molecule has 3 N–H and O–H groups in total. The maximum atomic E-state index is 11.5. The number of rotatable bonds is 3. The fourth-order valence-corrected chi connectivity index (χ4v) is 2.12. The van der Waals surface area contributed by atoms with Gasteiger partial charge in [0.1, 0.15) is 11.5 Å². The molecule has 1 aliphatic heterocycles. The SMILES string of the molecule is Cc1oc(CN2CCOCC2C)cc1C(=O)NN. The molecule has 1 fully saturated rings. The van der Waals surface area contributed by atoms with Crippen molar-refractivity contribution < 1.29 is 13.9 Å². The third-order valence-corrected chi connectivity index (χ3v) is 3.21. The zero-order chi connectivity index (χ0) is 13.1. The summed E-state index contributed by atoms with van der Waals surface area (Å²) in [5, 5.41) is 0. The number of hydrazine groups is 1. The molecule has 6 heteroatoms. The van der Waals surface area contributed by atoms with Gasteiger partial charge in [-0.15, -0.1) is 0 Å². The summed E-state index contributed by atoms with van der Waals surface area (Å²) < 4.78 is 11.0. The van der Waals surface area contributed by atoms with Crippen LogP contribution >= 0.6 is 0 Å². The summed E-state index contributed by atoms with van der Waals surface area (Å²) in [6, 6.07) is 2.11. The molecule has 2 heterocycles. The Morgan fingerprint density at radius 1 is 1.67 bits per heavy atom. The van der Waals surface area contributed by atoms with Gasteiger partial charge in [0, 0.05) is 12.6 Å². The van der Waals surface area contributed by atoms with E-state index >= 15 is 0 Å². The standard InChI is InChI=1S/C12H19N3O3/c1-8-7-17-4-3-15(8)6-10-5-11(9(2)18-10)12(16)14-13/h5,8H,3-4,6-7,13H2,1-2H3,(H,14,16). The number of ether oxygens (including phenoxy) is 1. The number of hydrogen-bond acceptors (Lipinski definition) is 5. The van der Waals surface area contributed by atoms with Gasteiger partial charge in [0.2, 0.25) is 0 Å². The number of carbonyl (C=O) groups excluding carboxylic acids is 1. The van der Waals surface area contributed by atoms with Gasteiger partial charge in [-0.2, -0.15) is 0 Å². The van der Waals surface area contributed by atoms with Crippen LogP contribution in [0.2, 0.25) is 0 Å². The molecule has 0 aliphatic carbocycles. The third-order valence-electron chi connectivity index (χ3n) is 3.21. The van der Waals surface area contributed by atoms with E-state index in [0.717, 1.165) is 25.5 Å². The normalized spacial score (nSPS) is 20.9. The molecule has 2 rings (SSSR count). The lowest BCUT2D eigenvalue weighted by Crippen LogP contribution is -2.42. The van der Waals surface area contributed by atoms with Crippen LogP contribution in [0.4, 0.5) is 0 Å². The highest BCUT2D eigenvalue weighted by atomic mass is 16.5. The minimum atomic E-state index is -0.322. The van der Waals surface area contributed by atoms with Crippen LogP contribution in [-0.4, -0.2) is 36.6 Å². The zero-order valence-corrected chi connectivity index (χ0v) is 10.7. The first kappa shape index (κ1) is 13.1. The topological polar surface area (TPSA) is 80.7 Å². The van der Waals surface area contributed by atoms with Gasteiger partial charge in [0.05, 0.1) is 25.3 Å². The maximum Gasteiger partial charge on any atom is 0.268 e. The number of nitrogens with zero attached hydrogens (tertiary/aromatic N) is 1. The monoisotopic (exact) mass is 253 g/mol. The van der Waals surface area contributed by atoms with Crippen molar-refractivity contribution in [3.8, 4) is 0 Å². The number of carbonyl (C=O) groups is 1. The van der Waals surface area contributed by atoms with E-state index in [2.05, 4.69) is 17.2 Å². The summed E-state index contributed by atoms with van der Waals surface area (Å²) in [5.74, 6) is 6.17. The first-order chi connectivity index (χ1) is 8.61. The molecular formula is C12H19N3O3. The van der Waals surface area contributed by atoms with Crippen molar-refractivity contribution in [2.45, 2.75) is 26.4 Å². The third kappa shape index (κ3) is 2.72. The average molecular weight is 253 g/mol. The van der Waals surface area contributed by atoms with Crippen LogP contribution in [0.1, 0.15) is 28.8 Å². The van der Waals surface area contributed by atoms with Gasteiger partial charge >= 0.3 is 0 Å². The molecule has 0 bridgehead atoms. The fourth-order valence-electron chi connectivity index (χ4n) is 2.12. The highest BCUT2D eigenvalue weighted by Gasteiger charge is 2.21. The number of nitrogens with two attached hydrogens (primary N) is 1. The number of aryl methyl sites for hydroxylation is 1. The molecule has 1 aromatic rings. The van der Waals surface area contributed by atoms with Crippen molar-refractivity contribution in [2.75, 3.05) is 19.8 Å². The molecule has 6 nitrogen and oxygen atoms in total. The lowest BCUT2D eigenvalue weighted by atomic mass is 10.2. The van der Waals surface area contributed by atoms with Gasteiger partial charge in [0.25, 0.3) is 5.91 Å². The molecule has 1 saturated heterocycles. The van der Waals surface area contributed by atoms with E-state index in [1.807, 2.05) is 0 Å². The van der Waals surface area contributed by atoms with Crippen LogP contribution in [0.15, 0.2) is 10.5 Å². The molecule has 0 aromatic carbocycles. The highest BCUT2D eigenvalue weighted by Crippen LogP contribution is 2.18. The average Bonchev–Trinajstić information content (AvgIpc) is 2.72. The van der Waals surface area contributed by atoms with Crippen molar-refractivity contribution in [1.82, 2.24) is 10.3 Å². The summed E-state index contributed by atoms with van der Waals surface area (Å²) in [5.41, 5.74) is 2.61. The van der Waals surface area contributed by atoms with Gasteiger partial charge in [0.15, 0.2) is 0 Å². The van der Waals surface area contributed by atoms with E-state index in [4.69, 9.17) is 15.0 Å². The van der Waals surface area contributed by atoms with E-state index < -0.39 is 0 Å². The summed E-state index contributed by atoms with van der Waals surface area (Å²) in [6.07, 6.45) is 0. The van der Waals surface area contributed by atoms with Gasteiger partial charge in [-0.3, -0.25) is 15.1 Å². The number of hydrogen-bond donors (Lipinski definition) is 2. The van der Waals surface area contributed by atoms with Crippen LogP contribution in [0.5, 0.6) is 0 Å². The Balaban J connectivity index is 2.07. The van der Waals surface area contributed by atoms with Crippen LogP contribution in [0.25, 0.3) is 0 Å². The molecule has 1 unspecified atom stereocenters. The van der Waals surface area contributed by atoms with Crippen LogP contribution in [0, 0.1) is 6.92 Å². The van der Waals surface area contributed by atoms with E-state index in [1.54, 1.807) is 13.0 Å². The quantitative estimate of drug-likeness (QED) is 0.463. The minimum absolute atomic E-state index is 0.322. The summed E-state index contributed by atoms with van der Waals surface area (Å²) in [7, 11) is 0. The molecule has 1 amide bonds. The summed E-state index contributed by atoms with van der Waals surface area (Å²) in [4.78, 5) is 13.7. The largest absolute Gasteiger partial charge is 0.464 e. The predicted octanol–water partition coefficient (Wildman–Crippen LogP) is 0.412. The Bertz CT molecular complexity index is 430. The number of furan rings is 1.